The monoisotopic (exact) mass is 225 g/mol. The van der Waals surface area contributed by atoms with Gasteiger partial charge in [0.15, 0.2) is 0 Å². The molecule has 2 rings (SSSR count). The quantitative estimate of drug-likeness (QED) is 0.774. The van der Waals surface area contributed by atoms with Gasteiger partial charge in [0, 0.05) is 13.6 Å². The largest absolute Gasteiger partial charge is 0.358 e. The number of rotatable bonds is 2. The summed E-state index contributed by atoms with van der Waals surface area (Å²) in [6.07, 6.45) is 0.809. The summed E-state index contributed by atoms with van der Waals surface area (Å²) in [5.74, 6) is 0.757. The van der Waals surface area contributed by atoms with Crippen LogP contribution in [-0.4, -0.2) is 35.4 Å². The molecule has 4 nitrogen and oxygen atoms in total. The van der Waals surface area contributed by atoms with Crippen LogP contribution in [0, 0.1) is 0 Å². The van der Waals surface area contributed by atoms with Gasteiger partial charge in [0.1, 0.15) is 17.0 Å². The molecular formula is C10H12ClN3O. The van der Waals surface area contributed by atoms with E-state index in [0.29, 0.717) is 11.0 Å². The fourth-order valence-electron chi connectivity index (χ4n) is 1.62. The van der Waals surface area contributed by atoms with Crippen molar-refractivity contribution < 1.29 is 4.79 Å². The van der Waals surface area contributed by atoms with Crippen molar-refractivity contribution in [3.8, 4) is 0 Å². The summed E-state index contributed by atoms with van der Waals surface area (Å²) >= 11 is 5.75. The number of pyridine rings is 1. The third-order valence-electron chi connectivity index (χ3n) is 2.46. The molecule has 1 aliphatic rings. The molecule has 0 bridgehead atoms. The number of carbonyl (C=O) groups excluding carboxylic acids is 1. The second-order valence-corrected chi connectivity index (χ2v) is 3.98. The summed E-state index contributed by atoms with van der Waals surface area (Å²) in [6.45, 7) is 0.789. The van der Waals surface area contributed by atoms with Crippen molar-refractivity contribution in [2.45, 2.75) is 12.5 Å². The molecule has 2 heterocycles. The molecule has 1 aromatic heterocycles. The highest BCUT2D eigenvalue weighted by Gasteiger charge is 2.28. The topological polar surface area (TPSA) is 45.2 Å². The Kier molecular flexibility index (Phi) is 2.77. The Balaban J connectivity index is 2.06. The van der Waals surface area contributed by atoms with Crippen molar-refractivity contribution in [2.75, 3.05) is 18.9 Å². The van der Waals surface area contributed by atoms with E-state index in [-0.39, 0.29) is 11.9 Å². The van der Waals surface area contributed by atoms with Gasteiger partial charge in [0.25, 0.3) is 0 Å². The Hall–Kier alpha value is -1.29. The Labute approximate surface area is 93.2 Å². The van der Waals surface area contributed by atoms with Crippen LogP contribution in [0.2, 0.25) is 5.15 Å². The van der Waals surface area contributed by atoms with Gasteiger partial charge < -0.3 is 10.2 Å². The average molecular weight is 226 g/mol. The molecule has 1 amide bonds. The third-order valence-corrected chi connectivity index (χ3v) is 2.68. The van der Waals surface area contributed by atoms with Crippen molar-refractivity contribution >= 4 is 23.3 Å². The molecule has 0 aliphatic carbocycles. The molecule has 0 spiro atoms. The molecule has 15 heavy (non-hydrogen) atoms. The molecule has 1 saturated heterocycles. The first-order valence-electron chi connectivity index (χ1n) is 4.81. The van der Waals surface area contributed by atoms with Gasteiger partial charge in [-0.1, -0.05) is 17.7 Å². The Morgan fingerprint density at radius 2 is 2.40 bits per heavy atom. The van der Waals surface area contributed by atoms with Crippen LogP contribution in [-0.2, 0) is 4.79 Å². The van der Waals surface area contributed by atoms with E-state index < -0.39 is 0 Å². The highest BCUT2D eigenvalue weighted by molar-refractivity contribution is 6.29. The number of nitrogens with zero attached hydrogens (tertiary/aromatic N) is 2. The second kappa shape index (κ2) is 4.06. The minimum Gasteiger partial charge on any atom is -0.358 e. The first-order chi connectivity index (χ1) is 7.16. The van der Waals surface area contributed by atoms with Crippen LogP contribution in [0.4, 0.5) is 5.82 Å². The van der Waals surface area contributed by atoms with E-state index >= 15 is 0 Å². The lowest BCUT2D eigenvalue weighted by molar-refractivity contribution is -0.127. The van der Waals surface area contributed by atoms with Gasteiger partial charge in [-0.3, -0.25) is 4.79 Å². The van der Waals surface area contributed by atoms with E-state index in [2.05, 4.69) is 10.3 Å². The lowest BCUT2D eigenvalue weighted by Crippen LogP contribution is -2.31. The summed E-state index contributed by atoms with van der Waals surface area (Å²) in [7, 11) is 1.80. The number of anilines is 1. The van der Waals surface area contributed by atoms with E-state index in [1.807, 2.05) is 0 Å². The number of halogens is 1. The van der Waals surface area contributed by atoms with Crippen molar-refractivity contribution in [2.24, 2.45) is 0 Å². The Bertz CT molecular complexity index is 383. The molecule has 1 aromatic rings. The molecular weight excluding hydrogens is 214 g/mol. The lowest BCUT2D eigenvalue weighted by Gasteiger charge is -2.12. The number of hydrogen-bond acceptors (Lipinski definition) is 3. The Morgan fingerprint density at radius 3 is 3.00 bits per heavy atom. The standard InChI is InChI=1S/C10H12ClN3O/c1-14-6-5-7(10(14)15)12-9-4-2-3-8(11)13-9/h2-4,7H,5-6H2,1H3,(H,12,13). The molecule has 1 N–H and O–H groups in total. The number of hydrogen-bond donors (Lipinski definition) is 1. The number of likely N-dealkylation sites (N-methyl/N-ethyl adjacent to an activating group) is 1. The lowest BCUT2D eigenvalue weighted by atomic mass is 10.2. The zero-order valence-corrected chi connectivity index (χ0v) is 9.16. The van der Waals surface area contributed by atoms with Crippen LogP contribution in [0.25, 0.3) is 0 Å². The van der Waals surface area contributed by atoms with Crippen LogP contribution in [0.5, 0.6) is 0 Å². The van der Waals surface area contributed by atoms with Crippen LogP contribution in [0.3, 0.4) is 0 Å². The smallest absolute Gasteiger partial charge is 0.244 e. The minimum absolute atomic E-state index is 0.108. The molecule has 0 saturated carbocycles. The first kappa shape index (κ1) is 10.2. The average Bonchev–Trinajstić information content (AvgIpc) is 2.50. The van der Waals surface area contributed by atoms with Crippen molar-refractivity contribution in [3.63, 3.8) is 0 Å². The molecule has 1 unspecified atom stereocenters. The van der Waals surface area contributed by atoms with E-state index in [4.69, 9.17) is 11.6 Å². The Morgan fingerprint density at radius 1 is 1.60 bits per heavy atom. The van der Waals surface area contributed by atoms with Crippen molar-refractivity contribution in [3.05, 3.63) is 23.4 Å². The van der Waals surface area contributed by atoms with Gasteiger partial charge in [-0.15, -0.1) is 0 Å². The highest BCUT2D eigenvalue weighted by atomic mass is 35.5. The summed E-state index contributed by atoms with van der Waals surface area (Å²) in [5, 5.41) is 3.50. The van der Waals surface area contributed by atoms with Gasteiger partial charge in [0.05, 0.1) is 0 Å². The summed E-state index contributed by atoms with van der Waals surface area (Å²) in [6, 6.07) is 5.15. The predicted molar refractivity (Wildman–Crippen MR) is 58.9 cm³/mol. The van der Waals surface area contributed by atoms with E-state index in [0.717, 1.165) is 13.0 Å². The fraction of sp³-hybridized carbons (Fsp3) is 0.400. The zero-order valence-electron chi connectivity index (χ0n) is 8.40. The number of carbonyl (C=O) groups is 1. The molecule has 0 radical (unpaired) electrons. The molecule has 80 valence electrons. The summed E-state index contributed by atoms with van der Waals surface area (Å²) in [4.78, 5) is 17.4. The van der Waals surface area contributed by atoms with Gasteiger partial charge in [0.2, 0.25) is 5.91 Å². The summed E-state index contributed by atoms with van der Waals surface area (Å²) in [5.41, 5.74) is 0. The van der Waals surface area contributed by atoms with E-state index in [1.54, 1.807) is 30.1 Å². The predicted octanol–water partition coefficient (Wildman–Crippen LogP) is 1.38. The molecule has 0 aromatic carbocycles. The van der Waals surface area contributed by atoms with Gasteiger partial charge in [-0.25, -0.2) is 4.98 Å². The zero-order chi connectivity index (χ0) is 10.8. The molecule has 1 aliphatic heterocycles. The summed E-state index contributed by atoms with van der Waals surface area (Å²) < 4.78 is 0. The molecule has 1 atom stereocenters. The fourth-order valence-corrected chi connectivity index (χ4v) is 1.79. The van der Waals surface area contributed by atoms with Crippen LogP contribution >= 0.6 is 11.6 Å². The molecule has 5 heteroatoms. The maximum Gasteiger partial charge on any atom is 0.244 e. The third kappa shape index (κ3) is 2.21. The maximum atomic E-state index is 11.6. The second-order valence-electron chi connectivity index (χ2n) is 3.59. The van der Waals surface area contributed by atoms with Crippen molar-refractivity contribution in [1.29, 1.82) is 0 Å². The van der Waals surface area contributed by atoms with Crippen LogP contribution < -0.4 is 5.32 Å². The van der Waals surface area contributed by atoms with Gasteiger partial charge in [-0.2, -0.15) is 0 Å². The van der Waals surface area contributed by atoms with E-state index in [1.165, 1.54) is 0 Å². The number of nitrogens with one attached hydrogen (secondary N) is 1. The van der Waals surface area contributed by atoms with Gasteiger partial charge >= 0.3 is 0 Å². The first-order valence-corrected chi connectivity index (χ1v) is 5.18. The highest BCUT2D eigenvalue weighted by Crippen LogP contribution is 2.15. The number of aromatic nitrogens is 1. The molecule has 1 fully saturated rings. The SMILES string of the molecule is CN1CCC(Nc2cccc(Cl)n2)C1=O. The van der Waals surface area contributed by atoms with E-state index in [9.17, 15) is 4.79 Å². The number of amides is 1. The minimum atomic E-state index is -0.166. The van der Waals surface area contributed by atoms with Crippen LogP contribution in [0.1, 0.15) is 6.42 Å². The van der Waals surface area contributed by atoms with Gasteiger partial charge in [-0.05, 0) is 18.6 Å². The maximum absolute atomic E-state index is 11.6. The van der Waals surface area contributed by atoms with Crippen LogP contribution in [0.15, 0.2) is 18.2 Å². The van der Waals surface area contributed by atoms with Crippen molar-refractivity contribution in [1.82, 2.24) is 9.88 Å². The normalized spacial score (nSPS) is 20.8. The number of likely N-dealkylation sites (tertiary alicyclic amines) is 1.